The van der Waals surface area contributed by atoms with Gasteiger partial charge >= 0.3 is 0 Å². The zero-order chi connectivity index (χ0) is 26.0. The normalized spacial score (nSPS) is 17.7. The van der Waals surface area contributed by atoms with Gasteiger partial charge in [-0.2, -0.15) is 0 Å². The van der Waals surface area contributed by atoms with Gasteiger partial charge in [-0.25, -0.2) is 0 Å². The van der Waals surface area contributed by atoms with Crippen molar-refractivity contribution in [3.05, 3.63) is 131 Å². The van der Waals surface area contributed by atoms with Crippen LogP contribution >= 0.6 is 0 Å². The topological polar surface area (TPSA) is 68.2 Å². The summed E-state index contributed by atoms with van der Waals surface area (Å²) in [4.78, 5) is 0. The first kappa shape index (κ1) is 24.3. The van der Waals surface area contributed by atoms with Gasteiger partial charge in [0.15, 0.2) is 5.79 Å². The molecule has 1 heterocycles. The summed E-state index contributed by atoms with van der Waals surface area (Å²) in [7, 11) is 0. The van der Waals surface area contributed by atoms with E-state index in [-0.39, 0.29) is 18.8 Å². The predicted octanol–water partition coefficient (Wildman–Crippen LogP) is 6.60. The van der Waals surface area contributed by atoms with E-state index in [4.69, 9.17) is 14.2 Å². The number of benzene rings is 4. The van der Waals surface area contributed by atoms with E-state index in [1.165, 1.54) is 0 Å². The van der Waals surface area contributed by atoms with Crippen LogP contribution in [0, 0.1) is 0 Å². The fourth-order valence-corrected chi connectivity index (χ4v) is 5.22. The van der Waals surface area contributed by atoms with Gasteiger partial charge in [0.2, 0.25) is 0 Å². The number of hydrogen-bond acceptors (Lipinski definition) is 5. The van der Waals surface area contributed by atoms with Gasteiger partial charge in [-0.05, 0) is 65.6 Å². The molecule has 4 aromatic rings. The Morgan fingerprint density at radius 3 is 2.00 bits per heavy atom. The lowest BCUT2D eigenvalue weighted by atomic mass is 9.74. The minimum Gasteiger partial charge on any atom is -0.489 e. The van der Waals surface area contributed by atoms with E-state index in [0.717, 1.165) is 45.1 Å². The van der Waals surface area contributed by atoms with Crippen molar-refractivity contribution >= 4 is 5.76 Å². The number of fused-ring (bicyclic) bond motifs is 3. The van der Waals surface area contributed by atoms with E-state index >= 15 is 0 Å². The molecule has 2 N–H and O–H groups in total. The van der Waals surface area contributed by atoms with Crippen LogP contribution in [-0.4, -0.2) is 16.0 Å². The van der Waals surface area contributed by atoms with E-state index < -0.39 is 5.79 Å². The van der Waals surface area contributed by atoms with Crippen LogP contribution in [0.25, 0.3) is 5.76 Å². The third-order valence-electron chi connectivity index (χ3n) is 7.22. The Bertz CT molecular complexity index is 1430. The number of ether oxygens (including phenoxy) is 3. The molecule has 0 radical (unpaired) electrons. The molecular weight excluding hydrogens is 476 g/mol. The lowest BCUT2D eigenvalue weighted by molar-refractivity contribution is -0.178. The highest BCUT2D eigenvalue weighted by molar-refractivity contribution is 5.71. The van der Waals surface area contributed by atoms with E-state index in [1.807, 2.05) is 103 Å². The van der Waals surface area contributed by atoms with E-state index in [1.54, 1.807) is 0 Å². The van der Waals surface area contributed by atoms with Crippen molar-refractivity contribution in [2.24, 2.45) is 0 Å². The van der Waals surface area contributed by atoms with Gasteiger partial charge in [0.1, 0.15) is 36.2 Å². The van der Waals surface area contributed by atoms with Crippen molar-refractivity contribution in [1.82, 2.24) is 0 Å². The minimum atomic E-state index is -1.72. The summed E-state index contributed by atoms with van der Waals surface area (Å²) < 4.78 is 18.5. The van der Waals surface area contributed by atoms with E-state index in [2.05, 4.69) is 0 Å². The fraction of sp³-hybridized carbons (Fsp3) is 0.212. The lowest BCUT2D eigenvalue weighted by Crippen LogP contribution is -2.36. The summed E-state index contributed by atoms with van der Waals surface area (Å²) in [6.45, 7) is 0.964. The molecule has 0 spiro atoms. The van der Waals surface area contributed by atoms with E-state index in [9.17, 15) is 10.2 Å². The molecule has 1 fully saturated rings. The molecule has 2 aliphatic rings. The van der Waals surface area contributed by atoms with Crippen molar-refractivity contribution in [3.8, 4) is 17.2 Å². The molecule has 1 aliphatic heterocycles. The maximum absolute atomic E-state index is 10.6. The molecule has 192 valence electrons. The van der Waals surface area contributed by atoms with Gasteiger partial charge < -0.3 is 24.4 Å². The molecule has 4 aromatic carbocycles. The first-order chi connectivity index (χ1) is 18.5. The van der Waals surface area contributed by atoms with Crippen LogP contribution in [0.4, 0.5) is 0 Å². The Morgan fingerprint density at radius 2 is 1.34 bits per heavy atom. The molecule has 5 heteroatoms. The molecule has 5 nitrogen and oxygen atoms in total. The highest BCUT2D eigenvalue weighted by atomic mass is 16.5. The van der Waals surface area contributed by atoms with Gasteiger partial charge in [0.25, 0.3) is 0 Å². The van der Waals surface area contributed by atoms with Gasteiger partial charge in [-0.3, -0.25) is 0 Å². The van der Waals surface area contributed by atoms with Crippen molar-refractivity contribution in [2.45, 2.75) is 44.2 Å². The van der Waals surface area contributed by atoms with E-state index in [0.29, 0.717) is 25.4 Å². The Balaban J connectivity index is 1.25. The number of rotatable bonds is 7. The Labute approximate surface area is 222 Å². The number of hydrogen-bond donors (Lipinski definition) is 2. The summed E-state index contributed by atoms with van der Waals surface area (Å²) in [5, 5.41) is 21.1. The Hall–Kier alpha value is -4.06. The maximum atomic E-state index is 10.6. The molecule has 0 unspecified atom stereocenters. The molecule has 0 saturated heterocycles. The molecule has 6 rings (SSSR count). The molecular formula is C33H30O5. The first-order valence-corrected chi connectivity index (χ1v) is 13.0. The summed E-state index contributed by atoms with van der Waals surface area (Å²) in [5.41, 5.74) is 5.14. The average Bonchev–Trinajstić information content (AvgIpc) is 2.95. The van der Waals surface area contributed by atoms with Gasteiger partial charge in [-0.15, -0.1) is 0 Å². The fourth-order valence-electron chi connectivity index (χ4n) is 5.22. The average molecular weight is 507 g/mol. The third kappa shape index (κ3) is 5.30. The predicted molar refractivity (Wildman–Crippen MR) is 146 cm³/mol. The van der Waals surface area contributed by atoms with Crippen LogP contribution in [0.2, 0.25) is 0 Å². The molecule has 0 bridgehead atoms. The zero-order valence-corrected chi connectivity index (χ0v) is 21.0. The van der Waals surface area contributed by atoms with Crippen molar-refractivity contribution in [2.75, 3.05) is 0 Å². The smallest absolute Gasteiger partial charge is 0.163 e. The molecule has 1 aliphatic carbocycles. The van der Waals surface area contributed by atoms with Crippen LogP contribution in [0.15, 0.2) is 109 Å². The second-order valence-corrected chi connectivity index (χ2v) is 9.97. The van der Waals surface area contributed by atoms with Crippen LogP contribution in [0.3, 0.4) is 0 Å². The van der Waals surface area contributed by atoms with Crippen LogP contribution in [0.5, 0.6) is 17.2 Å². The SMILES string of the molecule is OC1(O)CCC2=C(c3ccc(OCc4ccccc4)cc3)Oc3ccc(OCc4ccccc4)cc3[C@H]2C1. The minimum absolute atomic E-state index is 0.174. The molecule has 0 aromatic heterocycles. The Morgan fingerprint density at radius 1 is 0.737 bits per heavy atom. The quantitative estimate of drug-likeness (QED) is 0.277. The summed E-state index contributed by atoms with van der Waals surface area (Å²) in [6.07, 6.45) is 1.01. The van der Waals surface area contributed by atoms with Crippen molar-refractivity contribution in [1.29, 1.82) is 0 Å². The van der Waals surface area contributed by atoms with Gasteiger partial charge in [-0.1, -0.05) is 60.7 Å². The Kier molecular flexibility index (Phi) is 6.62. The summed E-state index contributed by atoms with van der Waals surface area (Å²) in [6, 6.07) is 33.8. The second kappa shape index (κ2) is 10.4. The zero-order valence-electron chi connectivity index (χ0n) is 21.0. The monoisotopic (exact) mass is 506 g/mol. The van der Waals surface area contributed by atoms with Crippen molar-refractivity contribution in [3.63, 3.8) is 0 Å². The third-order valence-corrected chi connectivity index (χ3v) is 7.22. The molecule has 1 saturated carbocycles. The van der Waals surface area contributed by atoms with Crippen molar-refractivity contribution < 1.29 is 24.4 Å². The highest BCUT2D eigenvalue weighted by Crippen LogP contribution is 2.51. The summed E-state index contributed by atoms with van der Waals surface area (Å²) in [5.74, 6) is 1.11. The first-order valence-electron chi connectivity index (χ1n) is 13.0. The number of aliphatic hydroxyl groups is 2. The van der Waals surface area contributed by atoms with Crippen LogP contribution in [-0.2, 0) is 13.2 Å². The number of allylic oxidation sites excluding steroid dienone is 1. The molecule has 0 amide bonds. The highest BCUT2D eigenvalue weighted by Gasteiger charge is 2.41. The largest absolute Gasteiger partial charge is 0.489 e. The van der Waals surface area contributed by atoms with Gasteiger partial charge in [0, 0.05) is 29.9 Å². The second-order valence-electron chi connectivity index (χ2n) is 9.97. The van der Waals surface area contributed by atoms with Crippen LogP contribution < -0.4 is 14.2 Å². The lowest BCUT2D eigenvalue weighted by Gasteiger charge is -2.39. The van der Waals surface area contributed by atoms with Crippen LogP contribution in [0.1, 0.15) is 47.4 Å². The summed E-state index contributed by atoms with van der Waals surface area (Å²) >= 11 is 0. The molecule has 1 atom stereocenters. The standard InChI is InChI=1S/C33H30O5/c34-33(35)18-17-28-30(20-33)29-19-27(37-22-24-9-5-2-6-10-24)15-16-31(29)38-32(28)25-11-13-26(14-12-25)36-21-23-7-3-1-4-8-23/h1-16,19,30,34-35H,17-18,20-22H2/t30-/m0/s1. The van der Waals surface area contributed by atoms with Gasteiger partial charge in [0.05, 0.1) is 0 Å². The molecule has 38 heavy (non-hydrogen) atoms. The maximum Gasteiger partial charge on any atom is 0.163 e.